The fourth-order valence-corrected chi connectivity index (χ4v) is 0.390. The minimum Gasteiger partial charge on any atom is -0.353 e. The Morgan fingerprint density at radius 2 is 2.71 bits per heavy atom. The van der Waals surface area contributed by atoms with E-state index in [9.17, 15) is 4.79 Å². The Morgan fingerprint density at radius 1 is 1.86 bits per heavy atom. The summed E-state index contributed by atoms with van der Waals surface area (Å²) in [5.41, 5.74) is 0. The molecule has 1 radical (unpaired) electrons. The summed E-state index contributed by atoms with van der Waals surface area (Å²) >= 11 is 0. The highest BCUT2D eigenvalue weighted by molar-refractivity contribution is 5.76. The molecule has 1 saturated heterocycles. The van der Waals surface area contributed by atoms with Gasteiger partial charge in [-0.25, -0.2) is 0 Å². The predicted molar refractivity (Wildman–Crippen MR) is 23.0 cm³/mol. The quantitative estimate of drug-likeness (QED) is 0.451. The van der Waals surface area contributed by atoms with Crippen molar-refractivity contribution in [2.75, 3.05) is 6.61 Å². The molecule has 0 aromatic carbocycles. The smallest absolute Gasteiger partial charge is 0.224 e. The lowest BCUT2D eigenvalue weighted by Gasteiger charge is -2.09. The van der Waals surface area contributed by atoms with Crippen molar-refractivity contribution in [3.05, 3.63) is 6.73 Å². The number of rotatable bonds is 0. The molecule has 7 heavy (non-hydrogen) atoms. The highest BCUT2D eigenvalue weighted by Gasteiger charge is 2.05. The first kappa shape index (κ1) is 4.59. The molecule has 0 aliphatic carbocycles. The van der Waals surface area contributed by atoms with Crippen LogP contribution < -0.4 is 5.32 Å². The molecular weight excluding hydrogens is 94.0 g/mol. The normalized spacial score (nSPS) is 21.4. The van der Waals surface area contributed by atoms with Crippen molar-refractivity contribution in [1.82, 2.24) is 5.32 Å². The van der Waals surface area contributed by atoms with Crippen LogP contribution in [0.4, 0.5) is 0 Å². The summed E-state index contributed by atoms with van der Waals surface area (Å²) in [6.45, 7) is 1.83. The lowest BCUT2D eigenvalue weighted by Crippen LogP contribution is -2.28. The Morgan fingerprint density at radius 3 is 3.00 bits per heavy atom. The van der Waals surface area contributed by atoms with Crippen molar-refractivity contribution in [2.45, 2.75) is 6.42 Å². The van der Waals surface area contributed by atoms with Crippen LogP contribution in [0.2, 0.25) is 0 Å². The molecule has 1 fully saturated rings. The van der Waals surface area contributed by atoms with Gasteiger partial charge in [0.1, 0.15) is 0 Å². The molecule has 0 unspecified atom stereocenters. The number of nitrogens with one attached hydrogen (secondary N) is 1. The van der Waals surface area contributed by atoms with Gasteiger partial charge in [0.2, 0.25) is 5.91 Å². The molecule has 39 valence electrons. The van der Waals surface area contributed by atoms with Crippen LogP contribution in [0.3, 0.4) is 0 Å². The van der Waals surface area contributed by atoms with Gasteiger partial charge in [-0.1, -0.05) is 0 Å². The lowest BCUT2D eigenvalue weighted by molar-refractivity contribution is -0.125. The minimum atomic E-state index is 0.0336. The summed E-state index contributed by atoms with van der Waals surface area (Å²) in [4.78, 5) is 10.2. The van der Waals surface area contributed by atoms with E-state index in [2.05, 4.69) is 10.1 Å². The molecule has 1 rings (SSSR count). The number of hydrogen-bond donors (Lipinski definition) is 1. The van der Waals surface area contributed by atoms with E-state index < -0.39 is 0 Å². The lowest BCUT2D eigenvalue weighted by atomic mass is 10.4. The van der Waals surface area contributed by atoms with E-state index in [1.807, 2.05) is 0 Å². The molecular formula is C4H6NO2. The molecule has 0 bridgehead atoms. The first-order chi connectivity index (χ1) is 3.39. The van der Waals surface area contributed by atoms with E-state index in [1.54, 1.807) is 0 Å². The maximum absolute atomic E-state index is 10.2. The first-order valence-corrected chi connectivity index (χ1v) is 2.12. The summed E-state index contributed by atoms with van der Waals surface area (Å²) < 4.78 is 4.68. The van der Waals surface area contributed by atoms with Crippen LogP contribution in [-0.4, -0.2) is 12.5 Å². The van der Waals surface area contributed by atoms with Crippen molar-refractivity contribution in [2.24, 2.45) is 0 Å². The van der Waals surface area contributed by atoms with Gasteiger partial charge in [0, 0.05) is 0 Å². The Bertz CT molecular complexity index is 73.8. The average Bonchev–Trinajstić information content (AvgIpc) is 1.69. The number of amides is 1. The van der Waals surface area contributed by atoms with Crippen molar-refractivity contribution in [1.29, 1.82) is 0 Å². The van der Waals surface area contributed by atoms with Crippen molar-refractivity contribution in [3.8, 4) is 0 Å². The van der Waals surface area contributed by atoms with E-state index in [0.717, 1.165) is 0 Å². The SMILES string of the molecule is O=C1CCO[CH]N1. The summed E-state index contributed by atoms with van der Waals surface area (Å²) in [6.07, 6.45) is 0.483. The number of carbonyl (C=O) groups is 1. The maximum Gasteiger partial charge on any atom is 0.224 e. The highest BCUT2D eigenvalue weighted by Crippen LogP contribution is 1.90. The molecule has 0 aromatic rings. The van der Waals surface area contributed by atoms with Crippen LogP contribution in [0.5, 0.6) is 0 Å². The van der Waals surface area contributed by atoms with Gasteiger partial charge in [-0.15, -0.1) is 0 Å². The molecule has 0 spiro atoms. The van der Waals surface area contributed by atoms with Gasteiger partial charge in [0.25, 0.3) is 0 Å². The third kappa shape index (κ3) is 1.16. The van der Waals surface area contributed by atoms with E-state index in [-0.39, 0.29) is 5.91 Å². The van der Waals surface area contributed by atoms with E-state index in [4.69, 9.17) is 0 Å². The number of hydrogen-bond acceptors (Lipinski definition) is 2. The third-order valence-corrected chi connectivity index (χ3v) is 0.750. The second-order valence-corrected chi connectivity index (χ2v) is 1.31. The predicted octanol–water partition coefficient (Wildman–Crippen LogP) is -0.358. The van der Waals surface area contributed by atoms with Gasteiger partial charge in [0.05, 0.1) is 13.0 Å². The van der Waals surface area contributed by atoms with Crippen LogP contribution in [-0.2, 0) is 9.53 Å². The monoisotopic (exact) mass is 100 g/mol. The molecule has 3 nitrogen and oxygen atoms in total. The number of carbonyl (C=O) groups excluding carboxylic acids is 1. The summed E-state index contributed by atoms with van der Waals surface area (Å²) in [5.74, 6) is 0.0336. The molecule has 0 saturated carbocycles. The second kappa shape index (κ2) is 1.93. The average molecular weight is 100 g/mol. The fraction of sp³-hybridized carbons (Fsp3) is 0.500. The highest BCUT2D eigenvalue weighted by atomic mass is 16.5. The maximum atomic E-state index is 10.2. The van der Waals surface area contributed by atoms with Gasteiger partial charge in [0.15, 0.2) is 6.73 Å². The zero-order valence-corrected chi connectivity index (χ0v) is 3.81. The molecule has 1 aliphatic rings. The summed E-state index contributed by atoms with van der Waals surface area (Å²) in [6, 6.07) is 0. The standard InChI is InChI=1S/C4H6NO2/c6-4-1-2-7-3-5-4/h3H,1-2H2,(H,5,6). The van der Waals surface area contributed by atoms with E-state index in [0.29, 0.717) is 13.0 Å². The van der Waals surface area contributed by atoms with E-state index >= 15 is 0 Å². The zero-order chi connectivity index (χ0) is 5.11. The Hall–Kier alpha value is -0.570. The van der Waals surface area contributed by atoms with Crippen LogP contribution in [0, 0.1) is 6.73 Å². The molecule has 1 amide bonds. The van der Waals surface area contributed by atoms with Crippen LogP contribution in [0.25, 0.3) is 0 Å². The Kier molecular flexibility index (Phi) is 1.26. The third-order valence-electron chi connectivity index (χ3n) is 0.750. The van der Waals surface area contributed by atoms with Crippen molar-refractivity contribution in [3.63, 3.8) is 0 Å². The summed E-state index contributed by atoms with van der Waals surface area (Å²) in [5, 5.41) is 2.40. The topological polar surface area (TPSA) is 38.3 Å². The fourth-order valence-electron chi connectivity index (χ4n) is 0.390. The second-order valence-electron chi connectivity index (χ2n) is 1.31. The minimum absolute atomic E-state index is 0.0336. The molecule has 0 aromatic heterocycles. The van der Waals surface area contributed by atoms with Gasteiger partial charge >= 0.3 is 0 Å². The molecule has 0 atom stereocenters. The molecule has 1 heterocycles. The first-order valence-electron chi connectivity index (χ1n) is 2.12. The van der Waals surface area contributed by atoms with Crippen LogP contribution in [0.1, 0.15) is 6.42 Å². The Balaban J connectivity index is 2.25. The molecule has 3 heteroatoms. The van der Waals surface area contributed by atoms with Crippen molar-refractivity contribution < 1.29 is 9.53 Å². The van der Waals surface area contributed by atoms with Gasteiger partial charge in [-0.05, 0) is 0 Å². The van der Waals surface area contributed by atoms with Gasteiger partial charge in [-0.3, -0.25) is 4.79 Å². The van der Waals surface area contributed by atoms with Crippen LogP contribution >= 0.6 is 0 Å². The summed E-state index contributed by atoms with van der Waals surface area (Å²) in [7, 11) is 0. The van der Waals surface area contributed by atoms with Crippen molar-refractivity contribution >= 4 is 5.91 Å². The number of ether oxygens (including phenoxy) is 1. The van der Waals surface area contributed by atoms with Gasteiger partial charge in [-0.2, -0.15) is 0 Å². The molecule has 1 aliphatic heterocycles. The Labute approximate surface area is 41.7 Å². The molecule has 1 N–H and O–H groups in total. The van der Waals surface area contributed by atoms with Crippen LogP contribution in [0.15, 0.2) is 0 Å². The zero-order valence-electron chi connectivity index (χ0n) is 3.81. The largest absolute Gasteiger partial charge is 0.353 e. The van der Waals surface area contributed by atoms with Gasteiger partial charge < -0.3 is 10.1 Å². The van der Waals surface area contributed by atoms with E-state index in [1.165, 1.54) is 6.73 Å².